The summed E-state index contributed by atoms with van der Waals surface area (Å²) in [6.45, 7) is 10.5. The molecule has 0 amide bonds. The fourth-order valence-corrected chi connectivity index (χ4v) is 2.72. The van der Waals surface area contributed by atoms with E-state index >= 15 is 0 Å². The van der Waals surface area contributed by atoms with Gasteiger partial charge in [0, 0.05) is 31.2 Å². The smallest absolute Gasteiger partial charge is 0.194 e. The Kier molecular flexibility index (Phi) is 8.74. The van der Waals surface area contributed by atoms with Crippen molar-refractivity contribution in [1.29, 1.82) is 0 Å². The molecule has 0 atom stereocenters. The van der Waals surface area contributed by atoms with Gasteiger partial charge in [0.25, 0.3) is 0 Å². The van der Waals surface area contributed by atoms with Crippen LogP contribution in [0.2, 0.25) is 0 Å². The first-order valence-corrected chi connectivity index (χ1v) is 8.50. The van der Waals surface area contributed by atoms with Crippen LogP contribution in [0.25, 0.3) is 0 Å². The van der Waals surface area contributed by atoms with Gasteiger partial charge >= 0.3 is 0 Å². The van der Waals surface area contributed by atoms with Gasteiger partial charge in [-0.05, 0) is 33.1 Å². The van der Waals surface area contributed by atoms with Crippen LogP contribution in [0.5, 0.6) is 0 Å². The lowest BCUT2D eigenvalue weighted by atomic mass is 10.2. The van der Waals surface area contributed by atoms with E-state index in [1.165, 1.54) is 24.1 Å². The molecular formula is C16H28N4S. The average molecular weight is 308 g/mol. The van der Waals surface area contributed by atoms with E-state index in [0.29, 0.717) is 6.54 Å². The molecule has 0 aliphatic heterocycles. The number of hydrogen-bond acceptors (Lipinski definition) is 3. The van der Waals surface area contributed by atoms with Gasteiger partial charge in [-0.3, -0.25) is 0 Å². The minimum Gasteiger partial charge on any atom is -0.357 e. The molecule has 4 nitrogen and oxygen atoms in total. The Morgan fingerprint density at radius 2 is 2.29 bits per heavy atom. The van der Waals surface area contributed by atoms with Gasteiger partial charge in [0.1, 0.15) is 5.01 Å². The second-order valence-electron chi connectivity index (χ2n) is 5.09. The molecule has 1 rings (SSSR count). The van der Waals surface area contributed by atoms with Gasteiger partial charge < -0.3 is 10.2 Å². The Bertz CT molecular complexity index is 439. The number of thiazole rings is 1. The summed E-state index contributed by atoms with van der Waals surface area (Å²) >= 11 is 1.71. The van der Waals surface area contributed by atoms with Crippen LogP contribution in [0.4, 0.5) is 0 Å². The summed E-state index contributed by atoms with van der Waals surface area (Å²) in [5, 5.41) is 4.42. The van der Waals surface area contributed by atoms with Crippen molar-refractivity contribution in [3.63, 3.8) is 0 Å². The van der Waals surface area contributed by atoms with Crippen molar-refractivity contribution >= 4 is 17.3 Å². The van der Waals surface area contributed by atoms with Crippen LogP contribution in [0.3, 0.4) is 0 Å². The third kappa shape index (κ3) is 7.27. The van der Waals surface area contributed by atoms with Crippen molar-refractivity contribution in [1.82, 2.24) is 15.2 Å². The molecule has 1 N–H and O–H groups in total. The van der Waals surface area contributed by atoms with Crippen molar-refractivity contribution in [3.05, 3.63) is 28.7 Å². The Hall–Kier alpha value is -1.36. The lowest BCUT2D eigenvalue weighted by Gasteiger charge is -2.21. The van der Waals surface area contributed by atoms with Gasteiger partial charge in [0.2, 0.25) is 0 Å². The average Bonchev–Trinajstić information content (AvgIpc) is 2.88. The van der Waals surface area contributed by atoms with Crippen molar-refractivity contribution in [2.45, 2.75) is 46.1 Å². The van der Waals surface area contributed by atoms with Gasteiger partial charge in [-0.25, -0.2) is 9.98 Å². The first-order valence-electron chi connectivity index (χ1n) is 7.69. The van der Waals surface area contributed by atoms with Crippen molar-refractivity contribution in [3.8, 4) is 0 Å². The number of aryl methyl sites for hydroxylation is 1. The van der Waals surface area contributed by atoms with Crippen molar-refractivity contribution in [2.75, 3.05) is 20.1 Å². The maximum Gasteiger partial charge on any atom is 0.194 e. The molecule has 0 fully saturated rings. The molecule has 0 aliphatic carbocycles. The topological polar surface area (TPSA) is 40.5 Å². The number of guanidine groups is 1. The van der Waals surface area contributed by atoms with E-state index in [4.69, 9.17) is 0 Å². The Morgan fingerprint density at radius 1 is 1.48 bits per heavy atom. The number of aliphatic imine (C=N–C) groups is 1. The minimum absolute atomic E-state index is 0.654. The molecular weight excluding hydrogens is 280 g/mol. The molecule has 0 unspecified atom stereocenters. The summed E-state index contributed by atoms with van der Waals surface area (Å²) in [5.74, 6) is 0.967. The van der Waals surface area contributed by atoms with E-state index in [0.717, 1.165) is 30.5 Å². The van der Waals surface area contributed by atoms with Crippen LogP contribution in [0, 0.1) is 6.92 Å². The Labute approximate surface area is 133 Å². The van der Waals surface area contributed by atoms with E-state index < -0.39 is 0 Å². The van der Waals surface area contributed by atoms with Gasteiger partial charge in [0.15, 0.2) is 5.96 Å². The number of allylic oxidation sites excluding steroid dienone is 1. The van der Waals surface area contributed by atoms with Gasteiger partial charge in [0.05, 0.1) is 6.54 Å². The van der Waals surface area contributed by atoms with Crippen LogP contribution in [-0.4, -0.2) is 36.0 Å². The van der Waals surface area contributed by atoms with E-state index in [1.807, 2.05) is 12.3 Å². The zero-order chi connectivity index (χ0) is 15.5. The molecule has 0 aromatic carbocycles. The predicted octanol–water partition coefficient (Wildman–Crippen LogP) is 3.60. The molecule has 0 spiro atoms. The largest absolute Gasteiger partial charge is 0.357 e. The molecule has 1 aromatic heterocycles. The van der Waals surface area contributed by atoms with Crippen LogP contribution < -0.4 is 5.32 Å². The fraction of sp³-hybridized carbons (Fsp3) is 0.625. The lowest BCUT2D eigenvalue weighted by molar-refractivity contribution is 0.455. The molecule has 118 valence electrons. The Morgan fingerprint density at radius 3 is 2.90 bits per heavy atom. The SMILES string of the molecule is C=CCCCCCN(C)C(=NCc1ncc(C)s1)NCC. The first-order chi connectivity index (χ1) is 10.2. The molecule has 0 saturated carbocycles. The second kappa shape index (κ2) is 10.4. The highest BCUT2D eigenvalue weighted by Crippen LogP contribution is 2.12. The predicted molar refractivity (Wildman–Crippen MR) is 93.0 cm³/mol. The third-order valence-electron chi connectivity index (χ3n) is 3.13. The second-order valence-corrected chi connectivity index (χ2v) is 6.41. The molecule has 5 heteroatoms. The van der Waals surface area contributed by atoms with Crippen molar-refractivity contribution < 1.29 is 0 Å². The third-order valence-corrected chi connectivity index (χ3v) is 4.03. The number of rotatable bonds is 9. The summed E-state index contributed by atoms with van der Waals surface area (Å²) in [4.78, 5) is 12.5. The van der Waals surface area contributed by atoms with Gasteiger partial charge in [-0.15, -0.1) is 17.9 Å². The number of hydrogen-bond donors (Lipinski definition) is 1. The first kappa shape index (κ1) is 17.7. The van der Waals surface area contributed by atoms with Gasteiger partial charge in [-0.2, -0.15) is 0 Å². The van der Waals surface area contributed by atoms with E-state index in [9.17, 15) is 0 Å². The monoisotopic (exact) mass is 308 g/mol. The summed E-state index contributed by atoms with van der Waals surface area (Å²) < 4.78 is 0. The quantitative estimate of drug-likeness (QED) is 0.328. The van der Waals surface area contributed by atoms with Crippen LogP contribution in [-0.2, 0) is 6.54 Å². The number of nitrogens with zero attached hydrogens (tertiary/aromatic N) is 3. The van der Waals surface area contributed by atoms with E-state index in [1.54, 1.807) is 11.3 Å². The normalized spacial score (nSPS) is 11.5. The standard InChI is InChI=1S/C16H28N4S/c1-5-7-8-9-10-11-20(4)16(17-6-2)19-13-15-18-12-14(3)21-15/h5,12H,1,6-11,13H2,2-4H3,(H,17,19). The maximum absolute atomic E-state index is 4.68. The molecule has 0 saturated heterocycles. The zero-order valence-electron chi connectivity index (χ0n) is 13.6. The minimum atomic E-state index is 0.654. The molecule has 1 aromatic rings. The van der Waals surface area contributed by atoms with Gasteiger partial charge in [-0.1, -0.05) is 12.5 Å². The summed E-state index contributed by atoms with van der Waals surface area (Å²) in [6.07, 6.45) is 8.66. The number of aromatic nitrogens is 1. The van der Waals surface area contributed by atoms with Crippen LogP contribution >= 0.6 is 11.3 Å². The summed E-state index contributed by atoms with van der Waals surface area (Å²) in [5.41, 5.74) is 0. The highest BCUT2D eigenvalue weighted by molar-refractivity contribution is 7.11. The Balaban J connectivity index is 2.44. The zero-order valence-corrected chi connectivity index (χ0v) is 14.4. The molecule has 1 heterocycles. The molecule has 0 bridgehead atoms. The highest BCUT2D eigenvalue weighted by Gasteiger charge is 2.06. The highest BCUT2D eigenvalue weighted by atomic mass is 32.1. The van der Waals surface area contributed by atoms with Crippen LogP contribution in [0.15, 0.2) is 23.8 Å². The fourth-order valence-electron chi connectivity index (χ4n) is 2.01. The molecule has 0 aliphatic rings. The summed E-state index contributed by atoms with van der Waals surface area (Å²) in [6, 6.07) is 0. The molecule has 0 radical (unpaired) electrons. The van der Waals surface area contributed by atoms with Crippen LogP contribution in [0.1, 0.15) is 42.5 Å². The van der Waals surface area contributed by atoms with E-state index in [2.05, 4.69) is 47.7 Å². The number of nitrogens with one attached hydrogen (secondary N) is 1. The number of unbranched alkanes of at least 4 members (excludes halogenated alkanes) is 3. The lowest BCUT2D eigenvalue weighted by Crippen LogP contribution is -2.39. The summed E-state index contributed by atoms with van der Waals surface area (Å²) in [7, 11) is 2.10. The molecule has 21 heavy (non-hydrogen) atoms. The van der Waals surface area contributed by atoms with Crippen molar-refractivity contribution in [2.24, 2.45) is 4.99 Å². The maximum atomic E-state index is 4.68. The van der Waals surface area contributed by atoms with E-state index in [-0.39, 0.29) is 0 Å².